The summed E-state index contributed by atoms with van der Waals surface area (Å²) in [5.41, 5.74) is 3.22. The third-order valence-electron chi connectivity index (χ3n) is 3.39. The summed E-state index contributed by atoms with van der Waals surface area (Å²) >= 11 is 0. The average Bonchev–Trinajstić information content (AvgIpc) is 2.32. The van der Waals surface area contributed by atoms with Crippen molar-refractivity contribution in [2.24, 2.45) is 0 Å². The van der Waals surface area contributed by atoms with Crippen LogP contribution in [-0.4, -0.2) is 0 Å². The molecule has 1 saturated carbocycles. The fourth-order valence-corrected chi connectivity index (χ4v) is 2.54. The third kappa shape index (κ3) is 2.71. The summed E-state index contributed by atoms with van der Waals surface area (Å²) in [7, 11) is 0. The SMILES string of the molecule is CCC=C1CCC(c2ccccc2)CC1. The predicted octanol–water partition coefficient (Wildman–Crippen LogP) is 4.68. The lowest BCUT2D eigenvalue weighted by atomic mass is 9.81. The standard InChI is InChI=1S/C15H20/c1-2-6-13-9-11-15(12-10-13)14-7-4-3-5-8-14/h3-8,15H,2,9-12H2,1H3. The lowest BCUT2D eigenvalue weighted by Crippen LogP contribution is -2.06. The number of benzene rings is 1. The van der Waals surface area contributed by atoms with E-state index in [2.05, 4.69) is 43.3 Å². The van der Waals surface area contributed by atoms with Crippen molar-refractivity contribution in [1.29, 1.82) is 0 Å². The van der Waals surface area contributed by atoms with E-state index in [0.29, 0.717) is 0 Å². The maximum absolute atomic E-state index is 2.42. The molecule has 15 heavy (non-hydrogen) atoms. The first-order valence-electron chi connectivity index (χ1n) is 6.13. The summed E-state index contributed by atoms with van der Waals surface area (Å²) in [4.78, 5) is 0. The van der Waals surface area contributed by atoms with Crippen LogP contribution in [0.5, 0.6) is 0 Å². The number of allylic oxidation sites excluding steroid dienone is 2. The smallest absolute Gasteiger partial charge is 0.0156 e. The lowest BCUT2D eigenvalue weighted by molar-refractivity contribution is 0.515. The normalized spacial score (nSPS) is 21.4. The molecule has 0 unspecified atom stereocenters. The van der Waals surface area contributed by atoms with Gasteiger partial charge in [-0.2, -0.15) is 0 Å². The molecule has 1 aliphatic carbocycles. The van der Waals surface area contributed by atoms with Crippen LogP contribution in [0.25, 0.3) is 0 Å². The van der Waals surface area contributed by atoms with Gasteiger partial charge in [0.05, 0.1) is 0 Å². The van der Waals surface area contributed by atoms with Gasteiger partial charge in [-0.25, -0.2) is 0 Å². The third-order valence-corrected chi connectivity index (χ3v) is 3.39. The zero-order valence-corrected chi connectivity index (χ0v) is 9.58. The molecule has 0 aliphatic heterocycles. The van der Waals surface area contributed by atoms with Gasteiger partial charge >= 0.3 is 0 Å². The molecule has 0 nitrogen and oxygen atoms in total. The summed E-state index contributed by atoms with van der Waals surface area (Å²) in [5.74, 6) is 0.806. The number of hydrogen-bond donors (Lipinski definition) is 0. The second-order valence-corrected chi connectivity index (χ2v) is 4.46. The Morgan fingerprint density at radius 1 is 1.13 bits per heavy atom. The molecule has 1 fully saturated rings. The highest BCUT2D eigenvalue weighted by Gasteiger charge is 2.17. The van der Waals surface area contributed by atoms with Crippen LogP contribution in [0.4, 0.5) is 0 Å². The molecule has 0 N–H and O–H groups in total. The van der Waals surface area contributed by atoms with Crippen LogP contribution in [-0.2, 0) is 0 Å². The summed E-state index contributed by atoms with van der Waals surface area (Å²) in [6.07, 6.45) is 8.93. The monoisotopic (exact) mass is 200 g/mol. The van der Waals surface area contributed by atoms with Crippen LogP contribution in [0.1, 0.15) is 50.5 Å². The Bertz CT molecular complexity index is 311. The Kier molecular flexibility index (Phi) is 3.60. The van der Waals surface area contributed by atoms with Gasteiger partial charge < -0.3 is 0 Å². The first-order chi connectivity index (χ1) is 7.40. The number of hydrogen-bond acceptors (Lipinski definition) is 0. The maximum Gasteiger partial charge on any atom is -0.0156 e. The molecule has 0 atom stereocenters. The maximum atomic E-state index is 2.42. The fourth-order valence-electron chi connectivity index (χ4n) is 2.54. The molecule has 0 aromatic heterocycles. The van der Waals surface area contributed by atoms with Crippen LogP contribution in [0, 0.1) is 0 Å². The van der Waals surface area contributed by atoms with Gasteiger partial charge in [-0.3, -0.25) is 0 Å². The molecule has 80 valence electrons. The van der Waals surface area contributed by atoms with Crippen molar-refractivity contribution in [3.63, 3.8) is 0 Å². The summed E-state index contributed by atoms with van der Waals surface area (Å²) in [5, 5.41) is 0. The van der Waals surface area contributed by atoms with Gasteiger partial charge in [0.15, 0.2) is 0 Å². The molecule has 0 amide bonds. The second kappa shape index (κ2) is 5.16. The van der Waals surface area contributed by atoms with Crippen molar-refractivity contribution in [3.05, 3.63) is 47.5 Å². The van der Waals surface area contributed by atoms with Crippen LogP contribution in [0.2, 0.25) is 0 Å². The molecule has 0 heterocycles. The molecule has 0 radical (unpaired) electrons. The zero-order chi connectivity index (χ0) is 10.5. The van der Waals surface area contributed by atoms with E-state index >= 15 is 0 Å². The van der Waals surface area contributed by atoms with Crippen molar-refractivity contribution in [1.82, 2.24) is 0 Å². The highest BCUT2D eigenvalue weighted by Crippen LogP contribution is 2.35. The van der Waals surface area contributed by atoms with Gasteiger partial charge in [-0.05, 0) is 43.6 Å². The van der Waals surface area contributed by atoms with E-state index in [1.54, 1.807) is 5.57 Å². The van der Waals surface area contributed by atoms with Gasteiger partial charge in [-0.15, -0.1) is 0 Å². The Morgan fingerprint density at radius 3 is 2.40 bits per heavy atom. The summed E-state index contributed by atoms with van der Waals surface area (Å²) in [6, 6.07) is 11.0. The van der Waals surface area contributed by atoms with E-state index in [1.165, 1.54) is 37.7 Å². The van der Waals surface area contributed by atoms with Gasteiger partial charge in [0.25, 0.3) is 0 Å². The first kappa shape index (κ1) is 10.5. The minimum atomic E-state index is 0.806. The molecule has 0 bridgehead atoms. The van der Waals surface area contributed by atoms with E-state index in [1.807, 2.05) is 0 Å². The average molecular weight is 200 g/mol. The first-order valence-corrected chi connectivity index (χ1v) is 6.13. The van der Waals surface area contributed by atoms with E-state index in [4.69, 9.17) is 0 Å². The Balaban J connectivity index is 1.97. The van der Waals surface area contributed by atoms with Crippen LogP contribution in [0.15, 0.2) is 42.0 Å². The Morgan fingerprint density at radius 2 is 1.80 bits per heavy atom. The molecular formula is C15H20. The second-order valence-electron chi connectivity index (χ2n) is 4.46. The van der Waals surface area contributed by atoms with Gasteiger partial charge in [0.2, 0.25) is 0 Å². The quantitative estimate of drug-likeness (QED) is 0.608. The molecule has 1 aliphatic rings. The largest absolute Gasteiger partial charge is 0.0856 e. The number of rotatable bonds is 2. The van der Waals surface area contributed by atoms with E-state index in [9.17, 15) is 0 Å². The minimum Gasteiger partial charge on any atom is -0.0856 e. The van der Waals surface area contributed by atoms with Crippen molar-refractivity contribution in [2.45, 2.75) is 44.9 Å². The van der Waals surface area contributed by atoms with E-state index < -0.39 is 0 Å². The lowest BCUT2D eigenvalue weighted by Gasteiger charge is -2.24. The van der Waals surface area contributed by atoms with Crippen molar-refractivity contribution < 1.29 is 0 Å². The molecule has 0 saturated heterocycles. The van der Waals surface area contributed by atoms with Crippen molar-refractivity contribution >= 4 is 0 Å². The van der Waals surface area contributed by atoms with E-state index in [-0.39, 0.29) is 0 Å². The predicted molar refractivity (Wildman–Crippen MR) is 66.0 cm³/mol. The Hall–Kier alpha value is -1.04. The fraction of sp³-hybridized carbons (Fsp3) is 0.467. The highest BCUT2D eigenvalue weighted by atomic mass is 14.2. The van der Waals surface area contributed by atoms with Crippen molar-refractivity contribution in [3.8, 4) is 0 Å². The van der Waals surface area contributed by atoms with Gasteiger partial charge in [0.1, 0.15) is 0 Å². The van der Waals surface area contributed by atoms with Gasteiger partial charge in [0, 0.05) is 0 Å². The summed E-state index contributed by atoms with van der Waals surface area (Å²) in [6.45, 7) is 2.23. The van der Waals surface area contributed by atoms with Crippen molar-refractivity contribution in [2.75, 3.05) is 0 Å². The van der Waals surface area contributed by atoms with Crippen LogP contribution >= 0.6 is 0 Å². The minimum absolute atomic E-state index is 0.806. The topological polar surface area (TPSA) is 0 Å². The van der Waals surface area contributed by atoms with Crippen LogP contribution < -0.4 is 0 Å². The Labute approximate surface area is 93.0 Å². The molecule has 0 spiro atoms. The molecule has 0 heteroatoms. The van der Waals surface area contributed by atoms with Crippen LogP contribution in [0.3, 0.4) is 0 Å². The van der Waals surface area contributed by atoms with Gasteiger partial charge in [-0.1, -0.05) is 48.9 Å². The molecular weight excluding hydrogens is 180 g/mol. The highest BCUT2D eigenvalue weighted by molar-refractivity contribution is 5.22. The summed E-state index contributed by atoms with van der Waals surface area (Å²) < 4.78 is 0. The molecule has 1 aromatic rings. The molecule has 1 aromatic carbocycles. The molecule has 2 rings (SSSR count). The zero-order valence-electron chi connectivity index (χ0n) is 9.58. The van der Waals surface area contributed by atoms with E-state index in [0.717, 1.165) is 5.92 Å².